The van der Waals surface area contributed by atoms with E-state index < -0.39 is 0 Å². The molecule has 10 heteroatoms. The number of imidazole rings is 1. The fourth-order valence-electron chi connectivity index (χ4n) is 5.22. The summed E-state index contributed by atoms with van der Waals surface area (Å²) in [5.74, 6) is 0.196. The number of carbonyl (C=O) groups excluding carboxylic acids is 2. The van der Waals surface area contributed by atoms with Crippen LogP contribution in [-0.4, -0.2) is 40.0 Å². The zero-order valence-electron chi connectivity index (χ0n) is 25.1. The third-order valence-corrected chi connectivity index (χ3v) is 8.70. The second kappa shape index (κ2) is 13.9. The Labute approximate surface area is 270 Å². The number of ether oxygens (including phenoxy) is 1. The molecule has 0 unspecified atom stereocenters. The van der Waals surface area contributed by atoms with Gasteiger partial charge in [-0.2, -0.15) is 5.26 Å². The first kappa shape index (κ1) is 30.2. The molecule has 0 fully saturated rings. The van der Waals surface area contributed by atoms with E-state index in [9.17, 15) is 9.59 Å². The van der Waals surface area contributed by atoms with Crippen LogP contribution in [0.5, 0.6) is 5.75 Å². The average molecular weight is 627 g/mol. The molecule has 6 aromatic rings. The largest absolute Gasteiger partial charge is 0.496 e. The number of methoxy groups -OCH3 is 1. The Morgan fingerprint density at radius 3 is 2.65 bits per heavy atom. The van der Waals surface area contributed by atoms with Crippen molar-refractivity contribution in [1.29, 1.82) is 5.26 Å². The summed E-state index contributed by atoms with van der Waals surface area (Å²) in [5.41, 5.74) is 5.33. The third kappa shape index (κ3) is 6.96. The number of rotatable bonds is 11. The smallest absolute Gasteiger partial charge is 0.261 e. The van der Waals surface area contributed by atoms with Gasteiger partial charge in [0.2, 0.25) is 0 Å². The van der Waals surface area contributed by atoms with E-state index in [1.165, 1.54) is 11.3 Å². The molecule has 0 spiro atoms. The highest BCUT2D eigenvalue weighted by Crippen LogP contribution is 2.30. The van der Waals surface area contributed by atoms with E-state index in [-0.39, 0.29) is 11.8 Å². The zero-order valence-corrected chi connectivity index (χ0v) is 25.9. The predicted molar refractivity (Wildman–Crippen MR) is 178 cm³/mol. The van der Waals surface area contributed by atoms with Crippen LogP contribution >= 0.6 is 11.3 Å². The molecule has 0 aliphatic heterocycles. The Morgan fingerprint density at radius 1 is 1.00 bits per heavy atom. The molecule has 0 atom stereocenters. The number of carbonyl (C=O) groups is 2. The number of amides is 2. The minimum absolute atomic E-state index is 0.137. The van der Waals surface area contributed by atoms with Gasteiger partial charge in [-0.15, -0.1) is 11.3 Å². The van der Waals surface area contributed by atoms with Crippen LogP contribution in [0.25, 0.3) is 10.1 Å². The summed E-state index contributed by atoms with van der Waals surface area (Å²) in [5, 5.41) is 16.0. The van der Waals surface area contributed by atoms with Gasteiger partial charge in [0.15, 0.2) is 0 Å². The average Bonchev–Trinajstić information content (AvgIpc) is 3.72. The summed E-state index contributed by atoms with van der Waals surface area (Å²) in [6.45, 7) is 1.06. The van der Waals surface area contributed by atoms with Crippen LogP contribution in [0, 0.1) is 11.3 Å². The van der Waals surface area contributed by atoms with E-state index in [4.69, 9.17) is 10.00 Å². The minimum atomic E-state index is -0.269. The SMILES string of the molecule is COc1cccc(C(=O)Nc2ccc3sc(C(=O)NCCc4ccccn4)cc3c2)c1Cc1cncn1Cc1ccc(C#N)cc1. The fraction of sp³-hybridized carbons (Fsp3) is 0.139. The molecular formula is C36H30N6O3S. The molecule has 2 N–H and O–H groups in total. The number of nitriles is 1. The first-order chi connectivity index (χ1) is 22.5. The fourth-order valence-corrected chi connectivity index (χ4v) is 6.18. The number of pyridine rings is 1. The maximum atomic E-state index is 13.7. The normalized spacial score (nSPS) is 10.8. The van der Waals surface area contributed by atoms with Crippen molar-refractivity contribution in [3.05, 3.63) is 142 Å². The monoisotopic (exact) mass is 626 g/mol. The van der Waals surface area contributed by atoms with Gasteiger partial charge in [0.25, 0.3) is 11.8 Å². The maximum absolute atomic E-state index is 13.7. The lowest BCUT2D eigenvalue weighted by Crippen LogP contribution is -2.25. The molecule has 3 heterocycles. The van der Waals surface area contributed by atoms with Gasteiger partial charge in [0, 0.05) is 71.2 Å². The summed E-state index contributed by atoms with van der Waals surface area (Å²) < 4.78 is 8.64. The number of hydrogen-bond acceptors (Lipinski definition) is 7. The van der Waals surface area contributed by atoms with Crippen LogP contribution in [0.3, 0.4) is 0 Å². The van der Waals surface area contributed by atoms with Crippen LogP contribution in [-0.2, 0) is 19.4 Å². The van der Waals surface area contributed by atoms with Gasteiger partial charge in [-0.3, -0.25) is 14.6 Å². The standard InChI is InChI=1S/C36H30N6O3S/c1-45-32-7-4-6-30(31(32)19-29-21-38-23-42(29)22-25-10-8-24(20-37)9-11-25)35(43)41-28-12-13-33-26(17-28)18-34(46-33)36(44)40-16-14-27-5-2-3-15-39-27/h2-13,15,17-18,21,23H,14,16,19,22H2,1H3,(H,40,44)(H,41,43). The highest BCUT2D eigenvalue weighted by atomic mass is 32.1. The minimum Gasteiger partial charge on any atom is -0.496 e. The quantitative estimate of drug-likeness (QED) is 0.176. The molecule has 0 aliphatic carbocycles. The third-order valence-electron chi connectivity index (χ3n) is 7.58. The molecule has 9 nitrogen and oxygen atoms in total. The van der Waals surface area contributed by atoms with Crippen molar-refractivity contribution >= 4 is 38.9 Å². The van der Waals surface area contributed by atoms with Gasteiger partial charge < -0.3 is 19.9 Å². The van der Waals surface area contributed by atoms with Crippen molar-refractivity contribution in [2.24, 2.45) is 0 Å². The number of thiophene rings is 1. The van der Waals surface area contributed by atoms with Crippen molar-refractivity contribution in [1.82, 2.24) is 19.9 Å². The van der Waals surface area contributed by atoms with Gasteiger partial charge in [0.05, 0.1) is 29.9 Å². The van der Waals surface area contributed by atoms with Gasteiger partial charge in [-0.05, 0) is 71.6 Å². The number of nitrogens with one attached hydrogen (secondary N) is 2. The van der Waals surface area contributed by atoms with E-state index in [0.29, 0.717) is 53.4 Å². The van der Waals surface area contributed by atoms with Crippen LogP contribution in [0.1, 0.15) is 48.1 Å². The Bertz CT molecular complexity index is 2040. The summed E-state index contributed by atoms with van der Waals surface area (Å²) in [7, 11) is 1.59. The molecular weight excluding hydrogens is 597 g/mol. The Kier molecular flexibility index (Phi) is 9.13. The number of hydrogen-bond donors (Lipinski definition) is 2. The number of fused-ring (bicyclic) bond motifs is 1. The van der Waals surface area contributed by atoms with Gasteiger partial charge in [-0.1, -0.05) is 24.3 Å². The summed E-state index contributed by atoms with van der Waals surface area (Å²) in [6, 6.07) is 28.2. The Balaban J connectivity index is 1.16. The number of aromatic nitrogens is 3. The van der Waals surface area contributed by atoms with Crippen molar-refractivity contribution < 1.29 is 14.3 Å². The summed E-state index contributed by atoms with van der Waals surface area (Å²) in [4.78, 5) is 35.7. The molecule has 3 aromatic heterocycles. The first-order valence-electron chi connectivity index (χ1n) is 14.7. The zero-order chi connectivity index (χ0) is 31.9. The summed E-state index contributed by atoms with van der Waals surface area (Å²) >= 11 is 1.41. The molecule has 0 bridgehead atoms. The number of anilines is 1. The van der Waals surface area contributed by atoms with Crippen LogP contribution in [0.15, 0.2) is 104 Å². The highest BCUT2D eigenvalue weighted by molar-refractivity contribution is 7.20. The predicted octanol–water partition coefficient (Wildman–Crippen LogP) is 6.24. The van der Waals surface area contributed by atoms with Crippen LogP contribution < -0.4 is 15.4 Å². The maximum Gasteiger partial charge on any atom is 0.261 e. The lowest BCUT2D eigenvalue weighted by molar-refractivity contribution is 0.0957. The van der Waals surface area contributed by atoms with Gasteiger partial charge >= 0.3 is 0 Å². The molecule has 0 radical (unpaired) electrons. The topological polar surface area (TPSA) is 122 Å². The molecule has 2 amide bonds. The Morgan fingerprint density at radius 2 is 1.87 bits per heavy atom. The first-order valence-corrected chi connectivity index (χ1v) is 15.5. The van der Waals surface area contributed by atoms with Gasteiger partial charge in [0.1, 0.15) is 5.75 Å². The lowest BCUT2D eigenvalue weighted by Gasteiger charge is -2.15. The van der Waals surface area contributed by atoms with Crippen molar-refractivity contribution in [2.45, 2.75) is 19.4 Å². The molecule has 0 saturated carbocycles. The molecule has 46 heavy (non-hydrogen) atoms. The second-order valence-electron chi connectivity index (χ2n) is 10.6. The van der Waals surface area contributed by atoms with E-state index in [1.807, 2.05) is 65.2 Å². The van der Waals surface area contributed by atoms with E-state index >= 15 is 0 Å². The van der Waals surface area contributed by atoms with E-state index in [2.05, 4.69) is 26.7 Å². The molecule has 3 aromatic carbocycles. The van der Waals surface area contributed by atoms with Crippen LogP contribution in [0.4, 0.5) is 5.69 Å². The van der Waals surface area contributed by atoms with Crippen molar-refractivity contribution in [3.8, 4) is 11.8 Å². The lowest BCUT2D eigenvalue weighted by atomic mass is 10.0. The van der Waals surface area contributed by atoms with E-state index in [1.54, 1.807) is 50.1 Å². The summed E-state index contributed by atoms with van der Waals surface area (Å²) in [6.07, 6.45) is 6.36. The number of nitrogens with zero attached hydrogens (tertiary/aromatic N) is 4. The van der Waals surface area contributed by atoms with Gasteiger partial charge in [-0.25, -0.2) is 4.98 Å². The molecule has 0 saturated heterocycles. The molecule has 228 valence electrons. The van der Waals surface area contributed by atoms with Crippen molar-refractivity contribution in [2.75, 3.05) is 19.0 Å². The number of benzene rings is 3. The molecule has 0 aliphatic rings. The highest BCUT2D eigenvalue weighted by Gasteiger charge is 2.19. The molecule has 6 rings (SSSR count). The van der Waals surface area contributed by atoms with Crippen molar-refractivity contribution in [3.63, 3.8) is 0 Å². The Hall–Kier alpha value is -5.79. The van der Waals surface area contributed by atoms with Crippen LogP contribution in [0.2, 0.25) is 0 Å². The van der Waals surface area contributed by atoms with E-state index in [0.717, 1.165) is 32.6 Å². The second-order valence-corrected chi connectivity index (χ2v) is 11.7.